The second-order valence-electron chi connectivity index (χ2n) is 5.52. The molecule has 0 spiro atoms. The molecule has 0 aliphatic heterocycles. The minimum absolute atomic E-state index is 0.325. The maximum atomic E-state index is 4.41. The molecule has 2 aromatic heterocycles. The van der Waals surface area contributed by atoms with Crippen LogP contribution in [0.25, 0.3) is 11.3 Å². The summed E-state index contributed by atoms with van der Waals surface area (Å²) in [6.45, 7) is 3.02. The van der Waals surface area contributed by atoms with Gasteiger partial charge in [-0.05, 0) is 37.7 Å². The van der Waals surface area contributed by atoms with Crippen molar-refractivity contribution in [3.63, 3.8) is 0 Å². The van der Waals surface area contributed by atoms with Crippen molar-refractivity contribution in [2.45, 2.75) is 19.5 Å². The number of hydrogen-bond donors (Lipinski definition) is 1. The quantitative estimate of drug-likeness (QED) is 0.780. The monoisotopic (exact) mass is 292 g/mol. The molecule has 0 bridgehead atoms. The molecular formula is C18H20N4. The second kappa shape index (κ2) is 6.54. The first-order valence-corrected chi connectivity index (χ1v) is 7.44. The number of benzene rings is 1. The Morgan fingerprint density at radius 3 is 2.55 bits per heavy atom. The Hall–Kier alpha value is -2.46. The van der Waals surface area contributed by atoms with Crippen LogP contribution in [0.3, 0.4) is 0 Å². The lowest BCUT2D eigenvalue weighted by Crippen LogP contribution is -2.22. The van der Waals surface area contributed by atoms with Crippen molar-refractivity contribution in [1.29, 1.82) is 0 Å². The first kappa shape index (κ1) is 14.5. The average Bonchev–Trinajstić information content (AvgIpc) is 3.04. The molecule has 1 N–H and O–H groups in total. The van der Waals surface area contributed by atoms with Crippen molar-refractivity contribution in [3.8, 4) is 11.3 Å². The highest BCUT2D eigenvalue weighted by Crippen LogP contribution is 2.21. The molecule has 0 saturated carbocycles. The Bertz CT molecular complexity index is 706. The van der Waals surface area contributed by atoms with E-state index in [1.807, 2.05) is 30.6 Å². The Morgan fingerprint density at radius 2 is 1.82 bits per heavy atom. The Balaban J connectivity index is 1.70. The molecule has 3 aromatic rings. The second-order valence-corrected chi connectivity index (χ2v) is 5.52. The summed E-state index contributed by atoms with van der Waals surface area (Å²) in [5, 5.41) is 7.55. The van der Waals surface area contributed by atoms with Crippen LogP contribution >= 0.6 is 0 Å². The highest BCUT2D eigenvalue weighted by Gasteiger charge is 2.13. The van der Waals surface area contributed by atoms with E-state index < -0.39 is 0 Å². The molecule has 0 saturated heterocycles. The van der Waals surface area contributed by atoms with E-state index in [1.165, 1.54) is 5.56 Å². The van der Waals surface area contributed by atoms with Crippen molar-refractivity contribution in [2.75, 3.05) is 7.05 Å². The highest BCUT2D eigenvalue weighted by molar-refractivity contribution is 5.58. The third kappa shape index (κ3) is 3.23. The number of rotatable bonds is 5. The van der Waals surface area contributed by atoms with E-state index in [0.29, 0.717) is 6.04 Å². The van der Waals surface area contributed by atoms with E-state index in [0.717, 1.165) is 23.5 Å². The average molecular weight is 292 g/mol. The molecule has 2 heterocycles. The highest BCUT2D eigenvalue weighted by atomic mass is 15.2. The zero-order valence-corrected chi connectivity index (χ0v) is 12.9. The minimum atomic E-state index is 0.325. The van der Waals surface area contributed by atoms with Gasteiger partial charge in [-0.1, -0.05) is 30.3 Å². The number of nitrogens with zero attached hydrogens (tertiary/aromatic N) is 3. The SMILES string of the molecule is C[C@@H](c1ccncc1)N(C)Cc1cc(-c2ccccc2)n[nH]1. The molecule has 1 atom stereocenters. The van der Waals surface area contributed by atoms with Crippen LogP contribution in [0.1, 0.15) is 24.2 Å². The van der Waals surface area contributed by atoms with E-state index in [1.54, 1.807) is 0 Å². The van der Waals surface area contributed by atoms with E-state index in [4.69, 9.17) is 0 Å². The summed E-state index contributed by atoms with van der Waals surface area (Å²) in [4.78, 5) is 6.36. The first-order chi connectivity index (χ1) is 10.7. The fourth-order valence-corrected chi connectivity index (χ4v) is 2.50. The van der Waals surface area contributed by atoms with Gasteiger partial charge in [0.25, 0.3) is 0 Å². The van der Waals surface area contributed by atoms with E-state index in [2.05, 4.69) is 64.4 Å². The number of aromatic nitrogens is 3. The van der Waals surface area contributed by atoms with Crippen LogP contribution in [0, 0.1) is 0 Å². The van der Waals surface area contributed by atoms with Gasteiger partial charge in [0.05, 0.1) is 5.69 Å². The number of H-pyrrole nitrogens is 1. The molecule has 0 amide bonds. The summed E-state index contributed by atoms with van der Waals surface area (Å²) in [6, 6.07) is 16.8. The van der Waals surface area contributed by atoms with Crippen LogP contribution in [0.4, 0.5) is 0 Å². The zero-order chi connectivity index (χ0) is 15.4. The molecule has 4 nitrogen and oxygen atoms in total. The van der Waals surface area contributed by atoms with Crippen LogP contribution in [-0.4, -0.2) is 27.1 Å². The normalized spacial score (nSPS) is 12.5. The molecule has 112 valence electrons. The zero-order valence-electron chi connectivity index (χ0n) is 12.9. The third-order valence-corrected chi connectivity index (χ3v) is 3.97. The Labute approximate surface area is 130 Å². The van der Waals surface area contributed by atoms with Gasteiger partial charge in [-0.25, -0.2) is 0 Å². The first-order valence-electron chi connectivity index (χ1n) is 7.44. The van der Waals surface area contributed by atoms with Crippen molar-refractivity contribution >= 4 is 0 Å². The van der Waals surface area contributed by atoms with Gasteiger partial charge in [-0.2, -0.15) is 5.10 Å². The van der Waals surface area contributed by atoms with Crippen molar-refractivity contribution < 1.29 is 0 Å². The number of aromatic amines is 1. The molecular weight excluding hydrogens is 272 g/mol. The molecule has 0 unspecified atom stereocenters. The van der Waals surface area contributed by atoms with Crippen LogP contribution < -0.4 is 0 Å². The molecule has 22 heavy (non-hydrogen) atoms. The lowest BCUT2D eigenvalue weighted by molar-refractivity contribution is 0.250. The predicted molar refractivity (Wildman–Crippen MR) is 88.1 cm³/mol. The maximum absolute atomic E-state index is 4.41. The fraction of sp³-hybridized carbons (Fsp3) is 0.222. The van der Waals surface area contributed by atoms with Gasteiger partial charge in [-0.3, -0.25) is 15.0 Å². The summed E-state index contributed by atoms with van der Waals surface area (Å²) in [5.41, 5.74) is 4.50. The lowest BCUT2D eigenvalue weighted by atomic mass is 10.1. The summed E-state index contributed by atoms with van der Waals surface area (Å²) in [7, 11) is 2.12. The molecule has 0 radical (unpaired) electrons. The summed E-state index contributed by atoms with van der Waals surface area (Å²) in [6.07, 6.45) is 3.67. The summed E-state index contributed by atoms with van der Waals surface area (Å²) < 4.78 is 0. The number of hydrogen-bond acceptors (Lipinski definition) is 3. The van der Waals surface area contributed by atoms with Crippen molar-refractivity contribution in [1.82, 2.24) is 20.1 Å². The summed E-state index contributed by atoms with van der Waals surface area (Å²) >= 11 is 0. The van der Waals surface area contributed by atoms with Crippen LogP contribution in [0.5, 0.6) is 0 Å². The molecule has 0 fully saturated rings. The van der Waals surface area contributed by atoms with Crippen LogP contribution in [0.15, 0.2) is 60.9 Å². The van der Waals surface area contributed by atoms with E-state index in [-0.39, 0.29) is 0 Å². The van der Waals surface area contributed by atoms with E-state index in [9.17, 15) is 0 Å². The molecule has 1 aromatic carbocycles. The van der Waals surface area contributed by atoms with Gasteiger partial charge in [0.1, 0.15) is 0 Å². The largest absolute Gasteiger partial charge is 0.294 e. The van der Waals surface area contributed by atoms with Gasteiger partial charge >= 0.3 is 0 Å². The number of nitrogens with one attached hydrogen (secondary N) is 1. The fourth-order valence-electron chi connectivity index (χ4n) is 2.50. The molecule has 0 aliphatic rings. The Morgan fingerprint density at radius 1 is 1.09 bits per heavy atom. The lowest BCUT2D eigenvalue weighted by Gasteiger charge is -2.24. The Kier molecular flexibility index (Phi) is 4.30. The van der Waals surface area contributed by atoms with Gasteiger partial charge in [-0.15, -0.1) is 0 Å². The predicted octanol–water partition coefficient (Wildman–Crippen LogP) is 3.66. The maximum Gasteiger partial charge on any atom is 0.0924 e. The van der Waals surface area contributed by atoms with Gasteiger partial charge < -0.3 is 0 Å². The number of pyridine rings is 1. The van der Waals surface area contributed by atoms with Crippen LogP contribution in [-0.2, 0) is 6.54 Å². The molecule has 0 aliphatic carbocycles. The van der Waals surface area contributed by atoms with Gasteiger partial charge in [0, 0.05) is 36.2 Å². The smallest absolute Gasteiger partial charge is 0.0924 e. The van der Waals surface area contributed by atoms with Crippen molar-refractivity contribution in [2.24, 2.45) is 0 Å². The standard InChI is InChI=1S/C18H20N4/c1-14(15-8-10-19-11-9-15)22(2)13-17-12-18(21-20-17)16-6-4-3-5-7-16/h3-12,14H,13H2,1-2H3,(H,20,21)/t14-/m0/s1. The van der Waals surface area contributed by atoms with Crippen molar-refractivity contribution in [3.05, 3.63) is 72.2 Å². The minimum Gasteiger partial charge on any atom is -0.294 e. The molecule has 3 rings (SSSR count). The molecule has 4 heteroatoms. The van der Waals surface area contributed by atoms with Gasteiger partial charge in [0.2, 0.25) is 0 Å². The van der Waals surface area contributed by atoms with Crippen LogP contribution in [0.2, 0.25) is 0 Å². The summed E-state index contributed by atoms with van der Waals surface area (Å²) in [5.74, 6) is 0. The van der Waals surface area contributed by atoms with E-state index >= 15 is 0 Å². The van der Waals surface area contributed by atoms with Gasteiger partial charge in [0.15, 0.2) is 0 Å². The third-order valence-electron chi connectivity index (χ3n) is 3.97. The topological polar surface area (TPSA) is 44.8 Å².